The van der Waals surface area contributed by atoms with Gasteiger partial charge in [0.15, 0.2) is 0 Å². The summed E-state index contributed by atoms with van der Waals surface area (Å²) in [6.07, 6.45) is 2.83. The van der Waals surface area contributed by atoms with Gasteiger partial charge in [-0.2, -0.15) is 0 Å². The van der Waals surface area contributed by atoms with E-state index in [1.807, 2.05) is 0 Å². The van der Waals surface area contributed by atoms with Gasteiger partial charge in [-0.3, -0.25) is 14.3 Å². The molecular weight excluding hydrogens is 409 g/mol. The van der Waals surface area contributed by atoms with Crippen LogP contribution in [0.2, 0.25) is 0 Å². The first-order valence-corrected chi connectivity index (χ1v) is 10.9. The van der Waals surface area contributed by atoms with Crippen LogP contribution < -0.4 is 10.0 Å². The molecule has 158 valence electrons. The minimum Gasteiger partial charge on any atom is -0.351 e. The van der Waals surface area contributed by atoms with Gasteiger partial charge in [0, 0.05) is 24.3 Å². The van der Waals surface area contributed by atoms with E-state index in [0.29, 0.717) is 25.9 Å². The van der Waals surface area contributed by atoms with Gasteiger partial charge in [-0.05, 0) is 55.3 Å². The largest absolute Gasteiger partial charge is 0.351 e. The molecule has 0 aromatic heterocycles. The molecule has 2 N–H and O–H groups in total. The minimum atomic E-state index is -3.94. The second-order valence-corrected chi connectivity index (χ2v) is 8.51. The molecule has 2 aromatic carbocycles. The van der Waals surface area contributed by atoms with E-state index < -0.39 is 21.9 Å². The van der Waals surface area contributed by atoms with Crippen LogP contribution in [0.3, 0.4) is 0 Å². The van der Waals surface area contributed by atoms with Crippen molar-refractivity contribution >= 4 is 27.5 Å². The van der Waals surface area contributed by atoms with E-state index in [1.165, 1.54) is 17.0 Å². The van der Waals surface area contributed by atoms with Gasteiger partial charge >= 0.3 is 0 Å². The van der Waals surface area contributed by atoms with Gasteiger partial charge in [-0.15, -0.1) is 6.58 Å². The number of nitrogens with one attached hydrogen (secondary N) is 2. The zero-order valence-electron chi connectivity index (χ0n) is 16.2. The number of carbonyl (C=O) groups excluding carboxylic acids is 2. The monoisotopic (exact) mass is 431 g/mol. The van der Waals surface area contributed by atoms with Crippen molar-refractivity contribution in [2.24, 2.45) is 0 Å². The fraction of sp³-hybridized carbons (Fsp3) is 0.238. The highest BCUT2D eigenvalue weighted by atomic mass is 32.2. The quantitative estimate of drug-likeness (QED) is 0.659. The molecule has 1 saturated heterocycles. The number of halogens is 1. The lowest BCUT2D eigenvalue weighted by Crippen LogP contribution is -2.46. The van der Waals surface area contributed by atoms with E-state index in [1.54, 1.807) is 18.2 Å². The lowest BCUT2D eigenvalue weighted by molar-refractivity contribution is -0.124. The van der Waals surface area contributed by atoms with E-state index in [0.717, 1.165) is 24.3 Å². The molecule has 1 atom stereocenters. The smallest absolute Gasteiger partial charge is 0.261 e. The SMILES string of the molecule is C=CCNC(=O)C1CCCN1C(=O)c1cccc(NS(=O)(=O)c2ccc(F)cc2)c1. The highest BCUT2D eigenvalue weighted by Gasteiger charge is 2.34. The summed E-state index contributed by atoms with van der Waals surface area (Å²) in [4.78, 5) is 26.7. The predicted molar refractivity (Wildman–Crippen MR) is 111 cm³/mol. The molecule has 7 nitrogen and oxygen atoms in total. The second kappa shape index (κ2) is 9.08. The summed E-state index contributed by atoms with van der Waals surface area (Å²) in [6.45, 7) is 4.31. The fourth-order valence-electron chi connectivity index (χ4n) is 3.28. The molecule has 2 amide bonds. The number of rotatable bonds is 7. The number of amides is 2. The van der Waals surface area contributed by atoms with Crippen LogP contribution in [-0.4, -0.2) is 44.3 Å². The van der Waals surface area contributed by atoms with Gasteiger partial charge in [0.2, 0.25) is 5.91 Å². The van der Waals surface area contributed by atoms with Crippen molar-refractivity contribution < 1.29 is 22.4 Å². The number of sulfonamides is 1. The number of likely N-dealkylation sites (tertiary alicyclic amines) is 1. The van der Waals surface area contributed by atoms with Crippen molar-refractivity contribution in [2.75, 3.05) is 17.8 Å². The molecule has 1 aliphatic heterocycles. The van der Waals surface area contributed by atoms with Crippen molar-refractivity contribution in [3.05, 3.63) is 72.6 Å². The van der Waals surface area contributed by atoms with Crippen molar-refractivity contribution in [3.63, 3.8) is 0 Å². The Morgan fingerprint density at radius 3 is 2.63 bits per heavy atom. The zero-order valence-corrected chi connectivity index (χ0v) is 17.0. The maximum absolute atomic E-state index is 13.1. The molecule has 0 spiro atoms. The third-order valence-electron chi connectivity index (χ3n) is 4.72. The molecule has 0 aliphatic carbocycles. The van der Waals surface area contributed by atoms with E-state index in [2.05, 4.69) is 16.6 Å². The Kier molecular flexibility index (Phi) is 6.51. The first-order chi connectivity index (χ1) is 14.3. The fourth-order valence-corrected chi connectivity index (χ4v) is 4.33. The van der Waals surface area contributed by atoms with Crippen LogP contribution in [0.25, 0.3) is 0 Å². The Bertz CT molecular complexity index is 1050. The molecule has 1 heterocycles. The van der Waals surface area contributed by atoms with Gasteiger partial charge in [0.1, 0.15) is 11.9 Å². The average molecular weight is 431 g/mol. The molecule has 1 fully saturated rings. The Labute approximate surface area is 174 Å². The molecule has 0 saturated carbocycles. The molecular formula is C21H22FN3O4S. The molecule has 1 unspecified atom stereocenters. The van der Waals surface area contributed by atoms with Crippen molar-refractivity contribution in [1.29, 1.82) is 0 Å². The lowest BCUT2D eigenvalue weighted by atomic mass is 10.1. The summed E-state index contributed by atoms with van der Waals surface area (Å²) in [5.41, 5.74) is 0.453. The summed E-state index contributed by atoms with van der Waals surface area (Å²) >= 11 is 0. The van der Waals surface area contributed by atoms with Crippen LogP contribution in [-0.2, 0) is 14.8 Å². The van der Waals surface area contributed by atoms with Crippen LogP contribution >= 0.6 is 0 Å². The number of carbonyl (C=O) groups is 2. The van der Waals surface area contributed by atoms with Crippen molar-refractivity contribution in [2.45, 2.75) is 23.8 Å². The molecule has 1 aliphatic rings. The molecule has 2 aromatic rings. The Balaban J connectivity index is 1.77. The summed E-state index contributed by atoms with van der Waals surface area (Å²) in [5.74, 6) is -1.14. The van der Waals surface area contributed by atoms with Crippen molar-refractivity contribution in [3.8, 4) is 0 Å². The molecule has 3 rings (SSSR count). The van der Waals surface area contributed by atoms with Crippen LogP contribution in [0.5, 0.6) is 0 Å². The molecule has 0 bridgehead atoms. The first-order valence-electron chi connectivity index (χ1n) is 9.40. The Hall–Kier alpha value is -3.20. The van der Waals surface area contributed by atoms with Gasteiger partial charge in [0.25, 0.3) is 15.9 Å². The van der Waals surface area contributed by atoms with Gasteiger partial charge < -0.3 is 10.2 Å². The second-order valence-electron chi connectivity index (χ2n) is 6.83. The number of hydrogen-bond acceptors (Lipinski definition) is 4. The van der Waals surface area contributed by atoms with E-state index in [4.69, 9.17) is 0 Å². The number of nitrogens with zero attached hydrogens (tertiary/aromatic N) is 1. The number of hydrogen-bond donors (Lipinski definition) is 2. The van der Waals surface area contributed by atoms with Crippen LogP contribution in [0.1, 0.15) is 23.2 Å². The van der Waals surface area contributed by atoms with Gasteiger partial charge in [0.05, 0.1) is 4.90 Å². The van der Waals surface area contributed by atoms with Crippen molar-refractivity contribution in [1.82, 2.24) is 10.2 Å². The van der Waals surface area contributed by atoms with E-state index in [-0.39, 0.29) is 28.0 Å². The molecule has 9 heteroatoms. The average Bonchev–Trinajstić information content (AvgIpc) is 3.21. The highest BCUT2D eigenvalue weighted by molar-refractivity contribution is 7.92. The third-order valence-corrected chi connectivity index (χ3v) is 6.12. The summed E-state index contributed by atoms with van der Waals surface area (Å²) in [7, 11) is -3.94. The summed E-state index contributed by atoms with van der Waals surface area (Å²) in [5, 5.41) is 2.71. The van der Waals surface area contributed by atoms with Gasteiger partial charge in [-0.1, -0.05) is 12.1 Å². The zero-order chi connectivity index (χ0) is 21.7. The van der Waals surface area contributed by atoms with Gasteiger partial charge in [-0.25, -0.2) is 12.8 Å². The standard InChI is InChI=1S/C21H22FN3O4S/c1-2-12-23-20(26)19-7-4-13-25(19)21(27)15-5-3-6-17(14-15)24-30(28,29)18-10-8-16(22)9-11-18/h2-3,5-6,8-11,14,19,24H,1,4,7,12-13H2,(H,23,26). The van der Waals surface area contributed by atoms with Crippen LogP contribution in [0, 0.1) is 5.82 Å². The topological polar surface area (TPSA) is 95.6 Å². The maximum Gasteiger partial charge on any atom is 0.261 e. The maximum atomic E-state index is 13.1. The Morgan fingerprint density at radius 2 is 1.93 bits per heavy atom. The third kappa shape index (κ3) is 4.85. The minimum absolute atomic E-state index is 0.0980. The summed E-state index contributed by atoms with van der Waals surface area (Å²) in [6, 6.07) is 9.90. The number of benzene rings is 2. The molecule has 30 heavy (non-hydrogen) atoms. The summed E-state index contributed by atoms with van der Waals surface area (Å²) < 4.78 is 40.5. The Morgan fingerprint density at radius 1 is 1.20 bits per heavy atom. The lowest BCUT2D eigenvalue weighted by Gasteiger charge is -2.24. The predicted octanol–water partition coefficient (Wildman–Crippen LogP) is 2.53. The van der Waals surface area contributed by atoms with E-state index >= 15 is 0 Å². The highest BCUT2D eigenvalue weighted by Crippen LogP contribution is 2.23. The van der Waals surface area contributed by atoms with Crippen LogP contribution in [0.4, 0.5) is 10.1 Å². The first kappa shape index (κ1) is 21.5. The number of anilines is 1. The molecule has 0 radical (unpaired) electrons. The normalized spacial score (nSPS) is 16.2. The van der Waals surface area contributed by atoms with Crippen LogP contribution in [0.15, 0.2) is 66.1 Å². The van der Waals surface area contributed by atoms with E-state index in [9.17, 15) is 22.4 Å².